The molecule has 0 atom stereocenters. The SMILES string of the molecule is c1ccc(-n2c3ccccc3c3ccc(-c4ccc5c6ccc7ccccc7c6n(-c6ccc(-c7ccc8c9c(cccc79)-c7ccccc7-8)c7ccccc67)c5c4)cc32)cc1. The molecular weight excluding hydrogens is 749 g/mol. The van der Waals surface area contributed by atoms with Gasteiger partial charge in [0.15, 0.2) is 0 Å². The molecule has 2 nitrogen and oxygen atoms in total. The van der Waals surface area contributed by atoms with E-state index >= 15 is 0 Å². The third-order valence-electron chi connectivity index (χ3n) is 13.7. The second kappa shape index (κ2) is 12.7. The highest BCUT2D eigenvalue weighted by Crippen LogP contribution is 2.50. The Bertz CT molecular complexity index is 4000. The van der Waals surface area contributed by atoms with Gasteiger partial charge in [0.2, 0.25) is 0 Å². The summed E-state index contributed by atoms with van der Waals surface area (Å²) in [5, 5.41) is 12.6. The molecule has 2 heteroatoms. The first-order valence-corrected chi connectivity index (χ1v) is 21.5. The molecule has 0 amide bonds. The van der Waals surface area contributed by atoms with Crippen molar-refractivity contribution in [3.63, 3.8) is 0 Å². The third kappa shape index (κ3) is 4.58. The number of aromatic nitrogens is 2. The fourth-order valence-electron chi connectivity index (χ4n) is 11.0. The minimum atomic E-state index is 1.16. The van der Waals surface area contributed by atoms with Gasteiger partial charge in [0, 0.05) is 38.0 Å². The standard InChI is InChI=1S/C60H36N2/c1-2-14-40(15-3-1)61-55-24-11-10-21-48(55)49-28-26-38(35-57(49)61)39-27-29-50-54-30-25-37-13-4-5-16-41(37)60(54)62(58(50)36-39)56-34-33-45(42-17-8-9-20-47(42)56)46-31-32-53-44-19-7-6-18-43(44)51-22-12-23-52(46)59(51)53/h1-36H. The zero-order chi connectivity index (χ0) is 40.5. The molecule has 14 rings (SSSR count). The zero-order valence-corrected chi connectivity index (χ0v) is 33.7. The fraction of sp³-hybridized carbons (Fsp3) is 0. The molecular formula is C60H36N2. The molecule has 0 fully saturated rings. The molecule has 62 heavy (non-hydrogen) atoms. The van der Waals surface area contributed by atoms with Gasteiger partial charge in [-0.1, -0.05) is 182 Å². The van der Waals surface area contributed by atoms with E-state index in [-0.39, 0.29) is 0 Å². The topological polar surface area (TPSA) is 9.86 Å². The Kier molecular flexibility index (Phi) is 6.86. The number of hydrogen-bond donors (Lipinski definition) is 0. The maximum atomic E-state index is 2.55. The van der Waals surface area contributed by atoms with Gasteiger partial charge >= 0.3 is 0 Å². The molecule has 0 spiro atoms. The summed E-state index contributed by atoms with van der Waals surface area (Å²) in [5.74, 6) is 0. The highest BCUT2D eigenvalue weighted by Gasteiger charge is 2.24. The van der Waals surface area contributed by atoms with Crippen molar-refractivity contribution >= 4 is 75.9 Å². The van der Waals surface area contributed by atoms with Crippen LogP contribution < -0.4 is 0 Å². The monoisotopic (exact) mass is 784 g/mol. The second-order valence-electron chi connectivity index (χ2n) is 16.8. The molecule has 0 aliphatic heterocycles. The number of fused-ring (bicyclic) bond motifs is 12. The lowest BCUT2D eigenvalue weighted by Crippen LogP contribution is -1.97. The first kappa shape index (κ1) is 33.6. The Labute approximate surface area is 357 Å². The number of benzene rings is 11. The summed E-state index contributed by atoms with van der Waals surface area (Å²) in [5.41, 5.74) is 17.4. The van der Waals surface area contributed by atoms with Gasteiger partial charge in [-0.05, 0) is 102 Å². The zero-order valence-electron chi connectivity index (χ0n) is 33.7. The summed E-state index contributed by atoms with van der Waals surface area (Å²) in [6, 6.07) is 81.1. The van der Waals surface area contributed by atoms with E-state index in [1.165, 1.54) is 126 Å². The van der Waals surface area contributed by atoms with E-state index in [2.05, 4.69) is 228 Å². The number of rotatable bonds is 4. The van der Waals surface area contributed by atoms with Crippen LogP contribution in [0.15, 0.2) is 218 Å². The molecule has 0 radical (unpaired) electrons. The third-order valence-corrected chi connectivity index (χ3v) is 13.7. The number of para-hydroxylation sites is 2. The average molecular weight is 785 g/mol. The lowest BCUT2D eigenvalue weighted by Gasteiger charge is -2.17. The van der Waals surface area contributed by atoms with Crippen LogP contribution in [0.4, 0.5) is 0 Å². The Hall–Kier alpha value is -8.20. The number of nitrogens with zero attached hydrogens (tertiary/aromatic N) is 2. The summed E-state index contributed by atoms with van der Waals surface area (Å²) < 4.78 is 4.95. The second-order valence-corrected chi connectivity index (χ2v) is 16.8. The van der Waals surface area contributed by atoms with E-state index in [0.29, 0.717) is 0 Å². The lowest BCUT2D eigenvalue weighted by molar-refractivity contribution is 1.18. The molecule has 1 aliphatic rings. The summed E-state index contributed by atoms with van der Waals surface area (Å²) in [4.78, 5) is 0. The summed E-state index contributed by atoms with van der Waals surface area (Å²) >= 11 is 0. The van der Waals surface area contributed by atoms with Crippen LogP contribution in [0, 0.1) is 0 Å². The molecule has 11 aromatic carbocycles. The van der Waals surface area contributed by atoms with Gasteiger partial charge < -0.3 is 9.13 Å². The Morgan fingerprint density at radius 2 is 0.790 bits per heavy atom. The van der Waals surface area contributed by atoms with Crippen molar-refractivity contribution in [1.29, 1.82) is 0 Å². The molecule has 0 saturated carbocycles. The van der Waals surface area contributed by atoms with E-state index < -0.39 is 0 Å². The van der Waals surface area contributed by atoms with E-state index in [1.54, 1.807) is 0 Å². The van der Waals surface area contributed by atoms with Crippen molar-refractivity contribution < 1.29 is 0 Å². The molecule has 0 saturated heterocycles. The van der Waals surface area contributed by atoms with Gasteiger partial charge in [-0.25, -0.2) is 0 Å². The van der Waals surface area contributed by atoms with E-state index in [9.17, 15) is 0 Å². The van der Waals surface area contributed by atoms with Crippen LogP contribution in [0.3, 0.4) is 0 Å². The molecule has 2 aromatic heterocycles. The molecule has 2 heterocycles. The van der Waals surface area contributed by atoms with Crippen molar-refractivity contribution in [3.05, 3.63) is 218 Å². The minimum absolute atomic E-state index is 1.16. The van der Waals surface area contributed by atoms with Crippen LogP contribution in [0.5, 0.6) is 0 Å². The van der Waals surface area contributed by atoms with Crippen molar-refractivity contribution in [2.45, 2.75) is 0 Å². The van der Waals surface area contributed by atoms with Gasteiger partial charge in [0.05, 0.1) is 27.8 Å². The van der Waals surface area contributed by atoms with E-state index in [1.807, 2.05) is 0 Å². The van der Waals surface area contributed by atoms with Crippen LogP contribution in [0.2, 0.25) is 0 Å². The maximum Gasteiger partial charge on any atom is 0.0619 e. The van der Waals surface area contributed by atoms with Crippen molar-refractivity contribution in [2.75, 3.05) is 0 Å². The summed E-state index contributed by atoms with van der Waals surface area (Å²) in [6.07, 6.45) is 0. The predicted octanol–water partition coefficient (Wildman–Crippen LogP) is 16.3. The van der Waals surface area contributed by atoms with E-state index in [0.717, 1.165) is 5.69 Å². The first-order chi connectivity index (χ1) is 30.8. The van der Waals surface area contributed by atoms with Crippen LogP contribution in [-0.2, 0) is 0 Å². The highest BCUT2D eigenvalue weighted by atomic mass is 15.0. The maximum absolute atomic E-state index is 2.55. The first-order valence-electron chi connectivity index (χ1n) is 21.5. The van der Waals surface area contributed by atoms with Gasteiger partial charge in [-0.15, -0.1) is 0 Å². The molecule has 286 valence electrons. The van der Waals surface area contributed by atoms with Gasteiger partial charge in [0.1, 0.15) is 0 Å². The van der Waals surface area contributed by atoms with Crippen molar-refractivity contribution in [1.82, 2.24) is 9.13 Å². The summed E-state index contributed by atoms with van der Waals surface area (Å²) in [7, 11) is 0. The predicted molar refractivity (Wildman–Crippen MR) is 263 cm³/mol. The van der Waals surface area contributed by atoms with Crippen molar-refractivity contribution in [2.24, 2.45) is 0 Å². The Morgan fingerprint density at radius 1 is 0.258 bits per heavy atom. The van der Waals surface area contributed by atoms with Gasteiger partial charge in [0.25, 0.3) is 0 Å². The molecule has 0 unspecified atom stereocenters. The number of hydrogen-bond acceptors (Lipinski definition) is 0. The van der Waals surface area contributed by atoms with Gasteiger partial charge in [-0.2, -0.15) is 0 Å². The van der Waals surface area contributed by atoms with E-state index in [4.69, 9.17) is 0 Å². The molecule has 13 aromatic rings. The Morgan fingerprint density at radius 3 is 1.60 bits per heavy atom. The van der Waals surface area contributed by atoms with Crippen LogP contribution in [0.1, 0.15) is 0 Å². The Balaban J connectivity index is 1.02. The molecule has 0 N–H and O–H groups in total. The van der Waals surface area contributed by atoms with Crippen molar-refractivity contribution in [3.8, 4) is 55.9 Å². The van der Waals surface area contributed by atoms with Crippen LogP contribution in [0.25, 0.3) is 132 Å². The molecule has 1 aliphatic carbocycles. The summed E-state index contributed by atoms with van der Waals surface area (Å²) in [6.45, 7) is 0. The minimum Gasteiger partial charge on any atom is -0.309 e. The van der Waals surface area contributed by atoms with Crippen LogP contribution >= 0.6 is 0 Å². The smallest absolute Gasteiger partial charge is 0.0619 e. The quantitative estimate of drug-likeness (QED) is 0.168. The van der Waals surface area contributed by atoms with Gasteiger partial charge in [-0.3, -0.25) is 0 Å². The lowest BCUT2D eigenvalue weighted by atomic mass is 9.91. The largest absolute Gasteiger partial charge is 0.309 e. The molecule has 0 bridgehead atoms. The normalized spacial score (nSPS) is 12.2. The average Bonchev–Trinajstić information content (AvgIpc) is 3.98. The van der Waals surface area contributed by atoms with Crippen LogP contribution in [-0.4, -0.2) is 9.13 Å². The highest BCUT2D eigenvalue weighted by molar-refractivity contribution is 6.22. The fourth-order valence-corrected chi connectivity index (χ4v) is 11.0.